The highest BCUT2D eigenvalue weighted by Crippen LogP contribution is 2.49. The van der Waals surface area contributed by atoms with Crippen molar-refractivity contribution in [3.05, 3.63) is 80.1 Å². The van der Waals surface area contributed by atoms with Crippen LogP contribution in [0.2, 0.25) is 5.02 Å². The first-order valence-electron chi connectivity index (χ1n) is 11.4. The monoisotopic (exact) mass is 575 g/mol. The van der Waals surface area contributed by atoms with E-state index in [1.807, 2.05) is 7.05 Å². The number of carbonyl (C=O) groups is 2. The molecule has 0 saturated heterocycles. The molecule has 1 heterocycles. The number of carbonyl (C=O) groups excluding carboxylic acids is 2. The van der Waals surface area contributed by atoms with E-state index in [0.717, 1.165) is 42.6 Å². The topological polar surface area (TPSA) is 80.8 Å². The summed E-state index contributed by atoms with van der Waals surface area (Å²) in [6.45, 7) is 0. The van der Waals surface area contributed by atoms with Crippen molar-refractivity contribution >= 4 is 49.2 Å². The molecule has 5 rings (SSSR count). The highest BCUT2D eigenvalue weighted by atomic mass is 79.9. The summed E-state index contributed by atoms with van der Waals surface area (Å²) in [4.78, 5) is 28.3. The Bertz CT molecular complexity index is 1370. The standard InChI is InChI=1S/C26H23BrClNO5S/c1-29-19-4-2-6-21(30)25(19)24(26-20(29)5-3-7-22(26)31)15-8-13-23(18(27)14-15)34-35(32,33)17-11-9-16(28)10-12-17/h8-14,24H,2-7H2,1H3. The van der Waals surface area contributed by atoms with Crippen LogP contribution in [0.5, 0.6) is 5.75 Å². The van der Waals surface area contributed by atoms with Crippen LogP contribution in [-0.2, 0) is 19.7 Å². The van der Waals surface area contributed by atoms with Gasteiger partial charge in [0.15, 0.2) is 17.3 Å². The SMILES string of the molecule is CN1C2=C(C(=O)CCC2)C(c2ccc(OS(=O)(=O)c3ccc(Cl)cc3)c(Br)c2)C2=C1CCCC2=O. The fourth-order valence-corrected chi connectivity index (χ4v) is 6.88. The molecule has 0 saturated carbocycles. The molecule has 0 aromatic heterocycles. The summed E-state index contributed by atoms with van der Waals surface area (Å²) < 4.78 is 31.3. The molecule has 0 fully saturated rings. The van der Waals surface area contributed by atoms with Crippen molar-refractivity contribution in [1.82, 2.24) is 4.90 Å². The summed E-state index contributed by atoms with van der Waals surface area (Å²) in [7, 11) is -2.12. The van der Waals surface area contributed by atoms with Crippen molar-refractivity contribution in [3.63, 3.8) is 0 Å². The fraction of sp³-hybridized carbons (Fsp3) is 0.308. The second kappa shape index (κ2) is 9.22. The quantitative estimate of drug-likeness (QED) is 0.421. The van der Waals surface area contributed by atoms with Crippen LogP contribution < -0.4 is 4.18 Å². The number of benzene rings is 2. The Hall–Kier alpha value is -2.42. The fourth-order valence-electron chi connectivity index (χ4n) is 5.22. The van der Waals surface area contributed by atoms with Crippen molar-refractivity contribution < 1.29 is 22.2 Å². The number of hydrogen-bond donors (Lipinski definition) is 0. The van der Waals surface area contributed by atoms with Crippen molar-refractivity contribution in [2.24, 2.45) is 0 Å². The Morgan fingerprint density at radius 2 is 1.49 bits per heavy atom. The zero-order valence-electron chi connectivity index (χ0n) is 19.0. The molecule has 2 aromatic carbocycles. The number of nitrogens with zero attached hydrogens (tertiary/aromatic N) is 1. The molecule has 35 heavy (non-hydrogen) atoms. The van der Waals surface area contributed by atoms with Gasteiger partial charge in [0, 0.05) is 53.4 Å². The van der Waals surface area contributed by atoms with Gasteiger partial charge in [-0.2, -0.15) is 8.42 Å². The molecule has 0 spiro atoms. The van der Waals surface area contributed by atoms with E-state index < -0.39 is 16.0 Å². The summed E-state index contributed by atoms with van der Waals surface area (Å²) in [5, 5.41) is 0.421. The zero-order chi connectivity index (χ0) is 24.9. The lowest BCUT2D eigenvalue weighted by molar-refractivity contribution is -0.117. The first kappa shape index (κ1) is 24.3. The summed E-state index contributed by atoms with van der Waals surface area (Å²) in [6, 6.07) is 10.8. The first-order valence-corrected chi connectivity index (χ1v) is 14.0. The molecule has 0 amide bonds. The third-order valence-corrected chi connectivity index (χ3v) is 8.96. The molecule has 0 unspecified atom stereocenters. The van der Waals surface area contributed by atoms with Crippen LogP contribution in [0.25, 0.3) is 0 Å². The van der Waals surface area contributed by atoms with Gasteiger partial charge in [-0.05, 0) is 83.6 Å². The molecule has 6 nitrogen and oxygen atoms in total. The van der Waals surface area contributed by atoms with Crippen molar-refractivity contribution in [1.29, 1.82) is 0 Å². The highest BCUT2D eigenvalue weighted by Gasteiger charge is 2.42. The average Bonchev–Trinajstić information content (AvgIpc) is 2.82. The van der Waals surface area contributed by atoms with Crippen LogP contribution in [0.1, 0.15) is 50.0 Å². The van der Waals surface area contributed by atoms with E-state index in [-0.39, 0.29) is 22.2 Å². The number of Topliss-reactive ketones (excluding diaryl/α,β-unsaturated/α-hetero) is 2. The number of ketones is 2. The van der Waals surface area contributed by atoms with Crippen LogP contribution >= 0.6 is 27.5 Å². The molecular weight excluding hydrogens is 554 g/mol. The van der Waals surface area contributed by atoms with Gasteiger partial charge in [0.1, 0.15) is 4.90 Å². The minimum atomic E-state index is -4.08. The Morgan fingerprint density at radius 3 is 2.03 bits per heavy atom. The van der Waals surface area contributed by atoms with E-state index >= 15 is 0 Å². The molecule has 0 atom stereocenters. The van der Waals surface area contributed by atoms with Gasteiger partial charge >= 0.3 is 10.1 Å². The van der Waals surface area contributed by atoms with E-state index in [1.54, 1.807) is 18.2 Å². The number of hydrogen-bond acceptors (Lipinski definition) is 6. The minimum absolute atomic E-state index is 0.0154. The third kappa shape index (κ3) is 4.36. The van der Waals surface area contributed by atoms with E-state index in [0.29, 0.717) is 33.5 Å². The van der Waals surface area contributed by atoms with Crippen LogP contribution in [0, 0.1) is 0 Å². The molecule has 0 radical (unpaired) electrons. The maximum absolute atomic E-state index is 13.1. The Kier molecular flexibility index (Phi) is 6.40. The molecule has 0 bridgehead atoms. The highest BCUT2D eigenvalue weighted by molar-refractivity contribution is 9.10. The van der Waals surface area contributed by atoms with Gasteiger partial charge in [-0.25, -0.2) is 0 Å². The molecule has 3 aliphatic rings. The summed E-state index contributed by atoms with van der Waals surface area (Å²) in [5.41, 5.74) is 4.10. The van der Waals surface area contributed by atoms with Crippen LogP contribution in [-0.4, -0.2) is 31.9 Å². The minimum Gasteiger partial charge on any atom is -0.378 e. The predicted octanol–water partition coefficient (Wildman–Crippen LogP) is 5.91. The lowest BCUT2D eigenvalue weighted by Gasteiger charge is -2.42. The van der Waals surface area contributed by atoms with Crippen molar-refractivity contribution in [2.45, 2.75) is 49.3 Å². The molecule has 2 aliphatic carbocycles. The summed E-state index contributed by atoms with van der Waals surface area (Å²) in [6.07, 6.45) is 4.10. The molecule has 2 aromatic rings. The summed E-state index contributed by atoms with van der Waals surface area (Å²) >= 11 is 9.31. The molecule has 9 heteroatoms. The largest absolute Gasteiger partial charge is 0.378 e. The zero-order valence-corrected chi connectivity index (χ0v) is 22.2. The lowest BCUT2D eigenvalue weighted by atomic mass is 9.71. The molecule has 0 N–H and O–H groups in total. The Morgan fingerprint density at radius 1 is 0.914 bits per heavy atom. The van der Waals surface area contributed by atoms with Gasteiger partial charge in [-0.1, -0.05) is 17.7 Å². The number of halogens is 2. The van der Waals surface area contributed by atoms with E-state index in [9.17, 15) is 18.0 Å². The second-order valence-electron chi connectivity index (χ2n) is 8.95. The Balaban J connectivity index is 1.56. The van der Waals surface area contributed by atoms with E-state index in [2.05, 4.69) is 20.8 Å². The summed E-state index contributed by atoms with van der Waals surface area (Å²) in [5.74, 6) is -0.218. The third-order valence-electron chi connectivity index (χ3n) is 6.84. The maximum atomic E-state index is 13.1. The molecule has 182 valence electrons. The molecular formula is C26H23BrClNO5S. The first-order chi connectivity index (χ1) is 16.7. The van der Waals surface area contributed by atoms with Gasteiger partial charge in [-0.15, -0.1) is 0 Å². The maximum Gasteiger partial charge on any atom is 0.339 e. The van der Waals surface area contributed by atoms with Crippen LogP contribution in [0.15, 0.2) is 74.4 Å². The van der Waals surface area contributed by atoms with Crippen molar-refractivity contribution in [3.8, 4) is 5.75 Å². The Labute approximate surface area is 217 Å². The van der Waals surface area contributed by atoms with Crippen LogP contribution in [0.3, 0.4) is 0 Å². The van der Waals surface area contributed by atoms with Gasteiger partial charge in [-0.3, -0.25) is 9.59 Å². The van der Waals surface area contributed by atoms with Crippen molar-refractivity contribution in [2.75, 3.05) is 7.05 Å². The molecule has 1 aliphatic heterocycles. The van der Waals surface area contributed by atoms with Gasteiger partial charge < -0.3 is 9.08 Å². The number of allylic oxidation sites excluding steroid dienone is 4. The van der Waals surface area contributed by atoms with E-state index in [4.69, 9.17) is 15.8 Å². The normalized spacial score (nSPS) is 19.1. The number of rotatable bonds is 4. The van der Waals surface area contributed by atoms with Crippen LogP contribution in [0.4, 0.5) is 0 Å². The predicted molar refractivity (Wildman–Crippen MR) is 136 cm³/mol. The average molecular weight is 577 g/mol. The van der Waals surface area contributed by atoms with Gasteiger partial charge in [0.25, 0.3) is 0 Å². The second-order valence-corrected chi connectivity index (χ2v) is 11.8. The smallest absolute Gasteiger partial charge is 0.339 e. The van der Waals surface area contributed by atoms with Gasteiger partial charge in [0.2, 0.25) is 0 Å². The van der Waals surface area contributed by atoms with Gasteiger partial charge in [0.05, 0.1) is 4.47 Å². The lowest BCUT2D eigenvalue weighted by Crippen LogP contribution is -2.37. The van der Waals surface area contributed by atoms with E-state index in [1.165, 1.54) is 24.3 Å².